The van der Waals surface area contributed by atoms with Gasteiger partial charge in [0.25, 0.3) is 0 Å². The number of anilines is 1. The summed E-state index contributed by atoms with van der Waals surface area (Å²) in [6, 6.07) is 5.32. The van der Waals surface area contributed by atoms with E-state index in [4.69, 9.17) is 11.6 Å². The SMILES string of the molecule is Cc1cccc(Cl)c1NS(=O)(=O)CCN1CCNCC1. The van der Waals surface area contributed by atoms with Crippen LogP contribution in [0.25, 0.3) is 0 Å². The number of piperazine rings is 1. The summed E-state index contributed by atoms with van der Waals surface area (Å²) in [4.78, 5) is 2.15. The van der Waals surface area contributed by atoms with Gasteiger partial charge in [0, 0.05) is 32.7 Å². The van der Waals surface area contributed by atoms with Crippen LogP contribution in [-0.4, -0.2) is 51.8 Å². The number of hydrogen-bond donors (Lipinski definition) is 2. The maximum atomic E-state index is 12.1. The maximum Gasteiger partial charge on any atom is 0.234 e. The zero-order valence-corrected chi connectivity index (χ0v) is 13.1. The second kappa shape index (κ2) is 6.76. The summed E-state index contributed by atoms with van der Waals surface area (Å²) in [6.07, 6.45) is 0. The first-order valence-electron chi connectivity index (χ1n) is 6.66. The fourth-order valence-electron chi connectivity index (χ4n) is 2.15. The van der Waals surface area contributed by atoms with Crippen LogP contribution in [0.2, 0.25) is 5.02 Å². The Morgan fingerprint density at radius 3 is 2.70 bits per heavy atom. The lowest BCUT2D eigenvalue weighted by molar-refractivity contribution is 0.254. The maximum absolute atomic E-state index is 12.1. The Kier molecular flexibility index (Phi) is 5.26. The van der Waals surface area contributed by atoms with Crippen LogP contribution in [0.1, 0.15) is 5.56 Å². The number of nitrogens with one attached hydrogen (secondary N) is 2. The highest BCUT2D eigenvalue weighted by molar-refractivity contribution is 7.92. The smallest absolute Gasteiger partial charge is 0.234 e. The third kappa shape index (κ3) is 4.34. The Labute approximate surface area is 125 Å². The second-order valence-corrected chi connectivity index (χ2v) is 7.19. The Morgan fingerprint density at radius 1 is 1.35 bits per heavy atom. The van der Waals surface area contributed by atoms with E-state index in [1.54, 1.807) is 12.1 Å². The zero-order chi connectivity index (χ0) is 14.6. The van der Waals surface area contributed by atoms with Crippen LogP contribution in [0.5, 0.6) is 0 Å². The summed E-state index contributed by atoms with van der Waals surface area (Å²) in [7, 11) is -3.38. The van der Waals surface area contributed by atoms with Gasteiger partial charge < -0.3 is 5.32 Å². The molecular formula is C13H20ClN3O2S. The van der Waals surface area contributed by atoms with Gasteiger partial charge in [-0.3, -0.25) is 9.62 Å². The largest absolute Gasteiger partial charge is 0.314 e. The van der Waals surface area contributed by atoms with E-state index in [0.29, 0.717) is 17.3 Å². The molecule has 0 saturated carbocycles. The van der Waals surface area contributed by atoms with Gasteiger partial charge in [0.2, 0.25) is 10.0 Å². The molecule has 1 aliphatic rings. The van der Waals surface area contributed by atoms with E-state index < -0.39 is 10.0 Å². The predicted octanol–water partition coefficient (Wildman–Crippen LogP) is 1.30. The van der Waals surface area contributed by atoms with Gasteiger partial charge in [-0.1, -0.05) is 23.7 Å². The number of aryl methyl sites for hydroxylation is 1. The molecule has 0 aliphatic carbocycles. The predicted molar refractivity (Wildman–Crippen MR) is 82.9 cm³/mol. The monoisotopic (exact) mass is 317 g/mol. The minimum Gasteiger partial charge on any atom is -0.314 e. The summed E-state index contributed by atoms with van der Waals surface area (Å²) in [5.41, 5.74) is 1.30. The number of rotatable bonds is 5. The van der Waals surface area contributed by atoms with E-state index >= 15 is 0 Å². The molecule has 1 aromatic rings. The van der Waals surface area contributed by atoms with E-state index in [1.165, 1.54) is 0 Å². The highest BCUT2D eigenvalue weighted by Gasteiger charge is 2.17. The molecule has 1 fully saturated rings. The van der Waals surface area contributed by atoms with Crippen molar-refractivity contribution in [3.8, 4) is 0 Å². The van der Waals surface area contributed by atoms with Crippen LogP contribution in [0.3, 0.4) is 0 Å². The summed E-state index contributed by atoms with van der Waals surface area (Å²) in [6.45, 7) is 5.98. The Morgan fingerprint density at radius 2 is 2.05 bits per heavy atom. The number of halogens is 1. The third-order valence-corrected chi connectivity index (χ3v) is 4.92. The first kappa shape index (κ1) is 15.6. The van der Waals surface area contributed by atoms with Crippen molar-refractivity contribution in [3.63, 3.8) is 0 Å². The van der Waals surface area contributed by atoms with Crippen molar-refractivity contribution < 1.29 is 8.42 Å². The summed E-state index contributed by atoms with van der Waals surface area (Å²) < 4.78 is 26.9. The molecule has 112 valence electrons. The van der Waals surface area contributed by atoms with Crippen LogP contribution in [-0.2, 0) is 10.0 Å². The number of nitrogens with zero attached hydrogens (tertiary/aromatic N) is 1. The van der Waals surface area contributed by atoms with Crippen molar-refractivity contribution in [3.05, 3.63) is 28.8 Å². The van der Waals surface area contributed by atoms with Crippen molar-refractivity contribution in [2.24, 2.45) is 0 Å². The Hall–Kier alpha value is -0.820. The van der Waals surface area contributed by atoms with Crippen molar-refractivity contribution in [1.29, 1.82) is 0 Å². The number of sulfonamides is 1. The van der Waals surface area contributed by atoms with Gasteiger partial charge in [0.05, 0.1) is 16.5 Å². The van der Waals surface area contributed by atoms with Crippen LogP contribution >= 0.6 is 11.6 Å². The van der Waals surface area contributed by atoms with Gasteiger partial charge >= 0.3 is 0 Å². The van der Waals surface area contributed by atoms with Crippen LogP contribution in [0.15, 0.2) is 18.2 Å². The van der Waals surface area contributed by atoms with Crippen LogP contribution < -0.4 is 10.0 Å². The lowest BCUT2D eigenvalue weighted by Gasteiger charge is -2.27. The lowest BCUT2D eigenvalue weighted by Crippen LogP contribution is -2.45. The average molecular weight is 318 g/mol. The molecule has 0 radical (unpaired) electrons. The number of hydrogen-bond acceptors (Lipinski definition) is 4. The number of benzene rings is 1. The normalized spacial score (nSPS) is 17.1. The summed E-state index contributed by atoms with van der Waals surface area (Å²) in [5, 5.41) is 3.67. The fraction of sp³-hybridized carbons (Fsp3) is 0.538. The molecule has 7 heteroatoms. The average Bonchev–Trinajstić information content (AvgIpc) is 2.42. The molecule has 1 heterocycles. The molecule has 1 aliphatic heterocycles. The van der Waals surface area contributed by atoms with Gasteiger partial charge in [0.1, 0.15) is 0 Å². The molecule has 0 bridgehead atoms. The molecule has 2 rings (SSSR count). The van der Waals surface area contributed by atoms with Crippen molar-refractivity contribution in [2.75, 3.05) is 43.2 Å². The lowest BCUT2D eigenvalue weighted by atomic mass is 10.2. The van der Waals surface area contributed by atoms with Crippen molar-refractivity contribution in [1.82, 2.24) is 10.2 Å². The topological polar surface area (TPSA) is 61.4 Å². The quantitative estimate of drug-likeness (QED) is 0.859. The highest BCUT2D eigenvalue weighted by atomic mass is 35.5. The molecule has 0 amide bonds. The molecule has 1 saturated heterocycles. The fourth-order valence-corrected chi connectivity index (χ4v) is 3.66. The molecule has 5 nitrogen and oxygen atoms in total. The third-order valence-electron chi connectivity index (χ3n) is 3.37. The molecule has 2 N–H and O–H groups in total. The van der Waals surface area contributed by atoms with E-state index in [0.717, 1.165) is 31.7 Å². The first-order valence-corrected chi connectivity index (χ1v) is 8.70. The van der Waals surface area contributed by atoms with E-state index in [2.05, 4.69) is 14.9 Å². The molecule has 0 aromatic heterocycles. The van der Waals surface area contributed by atoms with Gasteiger partial charge in [-0.15, -0.1) is 0 Å². The van der Waals surface area contributed by atoms with Gasteiger partial charge in [-0.05, 0) is 18.6 Å². The molecule has 1 aromatic carbocycles. The Bertz CT molecular complexity index is 536. The van der Waals surface area contributed by atoms with E-state index in [9.17, 15) is 8.42 Å². The molecular weight excluding hydrogens is 298 g/mol. The highest BCUT2D eigenvalue weighted by Crippen LogP contribution is 2.26. The summed E-state index contributed by atoms with van der Waals surface area (Å²) in [5.74, 6) is 0.0810. The zero-order valence-electron chi connectivity index (χ0n) is 11.5. The first-order chi connectivity index (χ1) is 9.48. The summed E-state index contributed by atoms with van der Waals surface area (Å²) >= 11 is 6.04. The van der Waals surface area contributed by atoms with Crippen LogP contribution in [0.4, 0.5) is 5.69 Å². The van der Waals surface area contributed by atoms with E-state index in [1.807, 2.05) is 13.0 Å². The standard InChI is InChI=1S/C13H20ClN3O2S/c1-11-3-2-4-12(14)13(11)16-20(18,19)10-9-17-7-5-15-6-8-17/h2-4,15-16H,5-10H2,1H3. The molecule has 0 spiro atoms. The minimum absolute atomic E-state index is 0.0810. The molecule has 0 unspecified atom stereocenters. The van der Waals surface area contributed by atoms with Gasteiger partial charge in [-0.25, -0.2) is 8.42 Å². The van der Waals surface area contributed by atoms with Crippen molar-refractivity contribution in [2.45, 2.75) is 6.92 Å². The van der Waals surface area contributed by atoms with E-state index in [-0.39, 0.29) is 5.75 Å². The minimum atomic E-state index is -3.38. The number of para-hydroxylation sites is 1. The molecule has 20 heavy (non-hydrogen) atoms. The van der Waals surface area contributed by atoms with Crippen molar-refractivity contribution >= 4 is 27.3 Å². The van der Waals surface area contributed by atoms with Gasteiger partial charge in [0.15, 0.2) is 0 Å². The van der Waals surface area contributed by atoms with Crippen LogP contribution in [0, 0.1) is 6.92 Å². The van der Waals surface area contributed by atoms with Gasteiger partial charge in [-0.2, -0.15) is 0 Å². The Balaban J connectivity index is 1.96. The molecule has 0 atom stereocenters. The second-order valence-electron chi connectivity index (χ2n) is 4.94.